The summed E-state index contributed by atoms with van der Waals surface area (Å²) < 4.78 is 5.66. The number of rotatable bonds is 2. The van der Waals surface area contributed by atoms with E-state index in [1.54, 1.807) is 0 Å². The monoisotopic (exact) mass is 266 g/mol. The summed E-state index contributed by atoms with van der Waals surface area (Å²) in [5, 5.41) is 4.05. The van der Waals surface area contributed by atoms with Crippen molar-refractivity contribution < 1.29 is 4.52 Å². The molecule has 3 aliphatic rings. The second-order valence-corrected chi connectivity index (χ2v) is 6.69. The van der Waals surface area contributed by atoms with E-state index in [0.29, 0.717) is 11.7 Å². The Kier molecular flexibility index (Phi) is 2.00. The van der Waals surface area contributed by atoms with Crippen LogP contribution < -0.4 is 5.73 Å². The first-order valence-corrected chi connectivity index (χ1v) is 7.65. The van der Waals surface area contributed by atoms with Gasteiger partial charge in [-0.15, -0.1) is 0 Å². The van der Waals surface area contributed by atoms with E-state index in [2.05, 4.69) is 17.3 Å². The van der Waals surface area contributed by atoms with Crippen molar-refractivity contribution in [2.24, 2.45) is 23.7 Å². The number of nitrogens with zero attached hydrogens (tertiary/aromatic N) is 1. The summed E-state index contributed by atoms with van der Waals surface area (Å²) in [6, 6.07) is 10.3. The normalized spacial score (nSPS) is 37.1. The average molecular weight is 266 g/mol. The number of fused-ring (bicyclic) bond motifs is 5. The molecule has 0 amide bonds. The maximum Gasteiger partial charge on any atom is 0.175 e. The van der Waals surface area contributed by atoms with Gasteiger partial charge in [0.2, 0.25) is 0 Å². The minimum absolute atomic E-state index is 0.545. The largest absolute Gasteiger partial charge is 0.380 e. The van der Waals surface area contributed by atoms with Gasteiger partial charge in [-0.1, -0.05) is 35.5 Å². The fraction of sp³-hybridized carbons (Fsp3) is 0.471. The number of hydrogen-bond donors (Lipinski definition) is 1. The smallest absolute Gasteiger partial charge is 0.175 e. The molecule has 4 atom stereocenters. The molecule has 0 radical (unpaired) electrons. The molecule has 102 valence electrons. The van der Waals surface area contributed by atoms with Gasteiger partial charge in [0.1, 0.15) is 5.76 Å². The quantitative estimate of drug-likeness (QED) is 0.902. The van der Waals surface area contributed by atoms with Crippen LogP contribution in [0, 0.1) is 23.7 Å². The van der Waals surface area contributed by atoms with Crippen LogP contribution in [0.25, 0.3) is 11.1 Å². The molecule has 20 heavy (non-hydrogen) atoms. The van der Waals surface area contributed by atoms with Gasteiger partial charge in [0.05, 0.1) is 5.56 Å². The van der Waals surface area contributed by atoms with Crippen LogP contribution in [0.2, 0.25) is 0 Å². The summed E-state index contributed by atoms with van der Waals surface area (Å²) in [4.78, 5) is 0. The zero-order valence-corrected chi connectivity index (χ0v) is 11.3. The van der Waals surface area contributed by atoms with Gasteiger partial charge < -0.3 is 10.3 Å². The second-order valence-electron chi connectivity index (χ2n) is 6.69. The van der Waals surface area contributed by atoms with E-state index >= 15 is 0 Å². The Bertz CT molecular complexity index is 647. The highest BCUT2D eigenvalue weighted by molar-refractivity contribution is 5.76. The Hall–Kier alpha value is -1.77. The highest BCUT2D eigenvalue weighted by atomic mass is 16.5. The third-order valence-electron chi connectivity index (χ3n) is 5.85. The lowest BCUT2D eigenvalue weighted by molar-refractivity contribution is 0.365. The van der Waals surface area contributed by atoms with Gasteiger partial charge >= 0.3 is 0 Å². The lowest BCUT2D eigenvalue weighted by atomic mass is 9.96. The van der Waals surface area contributed by atoms with Crippen molar-refractivity contribution in [2.75, 3.05) is 5.73 Å². The molecule has 3 saturated carbocycles. The van der Waals surface area contributed by atoms with Crippen LogP contribution in [0.3, 0.4) is 0 Å². The van der Waals surface area contributed by atoms with Crippen LogP contribution in [0.5, 0.6) is 0 Å². The molecular formula is C17H18N2O. The summed E-state index contributed by atoms with van der Waals surface area (Å²) in [7, 11) is 0. The Morgan fingerprint density at radius 1 is 1.05 bits per heavy atom. The molecule has 0 spiro atoms. The predicted octanol–water partition coefficient (Wildman–Crippen LogP) is 3.68. The molecular weight excluding hydrogens is 248 g/mol. The molecule has 0 aliphatic heterocycles. The third-order valence-corrected chi connectivity index (χ3v) is 5.85. The highest BCUT2D eigenvalue weighted by Crippen LogP contribution is 2.73. The number of nitrogen functional groups attached to an aromatic ring is 1. The van der Waals surface area contributed by atoms with Crippen LogP contribution >= 0.6 is 0 Å². The molecule has 1 heterocycles. The molecule has 5 rings (SSSR count). The summed E-state index contributed by atoms with van der Waals surface area (Å²) in [6.45, 7) is 0. The lowest BCUT2D eigenvalue weighted by Crippen LogP contribution is -1.98. The average Bonchev–Trinajstić information content (AvgIpc) is 2.80. The van der Waals surface area contributed by atoms with Crippen LogP contribution in [0.4, 0.5) is 5.82 Å². The summed E-state index contributed by atoms with van der Waals surface area (Å²) in [6.07, 6.45) is 4.30. The minimum Gasteiger partial charge on any atom is -0.380 e. The fourth-order valence-electron chi connectivity index (χ4n) is 5.11. The van der Waals surface area contributed by atoms with Gasteiger partial charge in [-0.05, 0) is 48.5 Å². The SMILES string of the molecule is Nc1noc(C2C3C4CCC(C4)C23)c1-c1ccccc1. The number of hydrogen-bond acceptors (Lipinski definition) is 3. The molecule has 3 fully saturated rings. The van der Waals surface area contributed by atoms with Crippen molar-refractivity contribution >= 4 is 5.82 Å². The van der Waals surface area contributed by atoms with E-state index in [4.69, 9.17) is 10.3 Å². The second kappa shape index (κ2) is 3.66. The van der Waals surface area contributed by atoms with Crippen molar-refractivity contribution in [2.45, 2.75) is 25.2 Å². The Morgan fingerprint density at radius 3 is 2.45 bits per heavy atom. The van der Waals surface area contributed by atoms with E-state index < -0.39 is 0 Å². The number of anilines is 1. The summed E-state index contributed by atoms with van der Waals surface area (Å²) >= 11 is 0. The summed E-state index contributed by atoms with van der Waals surface area (Å²) in [5.74, 6) is 5.76. The fourth-order valence-corrected chi connectivity index (χ4v) is 5.11. The molecule has 3 nitrogen and oxygen atoms in total. The number of nitrogens with two attached hydrogens (primary N) is 1. The van der Waals surface area contributed by atoms with Crippen molar-refractivity contribution in [3.63, 3.8) is 0 Å². The van der Waals surface area contributed by atoms with E-state index in [-0.39, 0.29) is 0 Å². The van der Waals surface area contributed by atoms with Crippen LogP contribution in [-0.2, 0) is 0 Å². The van der Waals surface area contributed by atoms with E-state index in [9.17, 15) is 0 Å². The molecule has 1 aromatic heterocycles. The molecule has 3 aliphatic carbocycles. The molecule has 2 aromatic rings. The predicted molar refractivity (Wildman–Crippen MR) is 76.9 cm³/mol. The Morgan fingerprint density at radius 2 is 1.75 bits per heavy atom. The maximum atomic E-state index is 6.07. The Labute approximate surface area is 118 Å². The topological polar surface area (TPSA) is 52.0 Å². The van der Waals surface area contributed by atoms with Gasteiger partial charge in [-0.25, -0.2) is 0 Å². The van der Waals surface area contributed by atoms with Gasteiger partial charge in [-0.3, -0.25) is 0 Å². The maximum absolute atomic E-state index is 6.07. The van der Waals surface area contributed by atoms with Crippen molar-refractivity contribution in [1.29, 1.82) is 0 Å². The van der Waals surface area contributed by atoms with Crippen LogP contribution in [0.15, 0.2) is 34.9 Å². The molecule has 1 aromatic carbocycles. The van der Waals surface area contributed by atoms with Gasteiger partial charge in [0.25, 0.3) is 0 Å². The van der Waals surface area contributed by atoms with Crippen molar-refractivity contribution in [3.05, 3.63) is 36.1 Å². The lowest BCUT2D eigenvalue weighted by Gasteiger charge is -2.08. The molecule has 0 saturated heterocycles. The molecule has 4 unspecified atom stereocenters. The van der Waals surface area contributed by atoms with Crippen LogP contribution in [0.1, 0.15) is 30.9 Å². The van der Waals surface area contributed by atoms with E-state index in [0.717, 1.165) is 40.6 Å². The first-order valence-electron chi connectivity index (χ1n) is 7.65. The third kappa shape index (κ3) is 1.28. The number of benzene rings is 1. The zero-order valence-electron chi connectivity index (χ0n) is 11.3. The molecule has 2 N–H and O–H groups in total. The molecule has 3 heteroatoms. The van der Waals surface area contributed by atoms with Gasteiger partial charge in [0, 0.05) is 5.92 Å². The minimum atomic E-state index is 0.545. The summed E-state index contributed by atoms with van der Waals surface area (Å²) in [5.41, 5.74) is 8.25. The van der Waals surface area contributed by atoms with E-state index in [1.807, 2.05) is 18.2 Å². The first-order chi connectivity index (χ1) is 9.84. The number of aromatic nitrogens is 1. The van der Waals surface area contributed by atoms with Crippen molar-refractivity contribution in [3.8, 4) is 11.1 Å². The highest BCUT2D eigenvalue weighted by Gasteiger charge is 2.67. The standard InChI is InChI=1S/C17H18N2O/c18-17-14(9-4-2-1-3-5-9)16(20-19-17)15-12-10-6-7-11(8-10)13(12)15/h1-5,10-13,15H,6-8H2,(H2,18,19). The van der Waals surface area contributed by atoms with Gasteiger partial charge in [-0.2, -0.15) is 0 Å². The zero-order chi connectivity index (χ0) is 13.3. The van der Waals surface area contributed by atoms with Crippen LogP contribution in [-0.4, -0.2) is 5.16 Å². The van der Waals surface area contributed by atoms with Gasteiger partial charge in [0.15, 0.2) is 5.82 Å². The molecule has 2 bridgehead atoms. The van der Waals surface area contributed by atoms with Crippen molar-refractivity contribution in [1.82, 2.24) is 5.16 Å². The Balaban J connectivity index is 1.58. The van der Waals surface area contributed by atoms with E-state index in [1.165, 1.54) is 19.3 Å². The first kappa shape index (κ1) is 11.0.